The van der Waals surface area contributed by atoms with Gasteiger partial charge in [-0.05, 0) is 19.9 Å². The van der Waals surface area contributed by atoms with Crippen molar-refractivity contribution in [2.45, 2.75) is 33.2 Å². The van der Waals surface area contributed by atoms with Gasteiger partial charge in [-0.3, -0.25) is 0 Å². The van der Waals surface area contributed by atoms with E-state index in [1.165, 1.54) is 0 Å². The first-order valence-electron chi connectivity index (χ1n) is 4.34. The molecule has 0 unspecified atom stereocenters. The fourth-order valence-electron chi connectivity index (χ4n) is 0.534. The number of nitrogens with one attached hydrogen (secondary N) is 1. The van der Waals surface area contributed by atoms with Gasteiger partial charge in [-0.1, -0.05) is 19.9 Å². The van der Waals surface area contributed by atoms with E-state index < -0.39 is 0 Å². The van der Waals surface area contributed by atoms with Gasteiger partial charge in [0.05, 0.1) is 0 Å². The monoisotopic (exact) mass is 158 g/mol. The normalized spacial score (nSPS) is 11.3. The number of rotatable bonds is 5. The number of nitrogens with two attached hydrogens (primary N) is 1. The molecule has 0 saturated heterocycles. The molecule has 2 heteroatoms. The van der Waals surface area contributed by atoms with Crippen LogP contribution >= 0.6 is 0 Å². The van der Waals surface area contributed by atoms with Gasteiger partial charge in [0.1, 0.15) is 0 Å². The fourth-order valence-corrected chi connectivity index (χ4v) is 0.534. The Kier molecular flexibility index (Phi) is 14.9. The molecule has 1 atom stereocenters. The molecule has 2 nitrogen and oxygen atoms in total. The Bertz CT molecular complexity index is 70.0. The van der Waals surface area contributed by atoms with Crippen molar-refractivity contribution in [3.05, 3.63) is 12.7 Å². The van der Waals surface area contributed by atoms with Gasteiger partial charge in [0.25, 0.3) is 0 Å². The van der Waals surface area contributed by atoms with Gasteiger partial charge in [-0.15, -0.1) is 6.58 Å². The molecule has 0 aromatic heterocycles. The Balaban J connectivity index is 0. The summed E-state index contributed by atoms with van der Waals surface area (Å²) in [5, 5.41) is 3.17. The quantitative estimate of drug-likeness (QED) is 0.470. The van der Waals surface area contributed by atoms with E-state index in [0.717, 1.165) is 19.5 Å². The van der Waals surface area contributed by atoms with Crippen molar-refractivity contribution < 1.29 is 0 Å². The number of hydrogen-bond donors (Lipinski definition) is 2. The highest BCUT2D eigenvalue weighted by molar-refractivity contribution is 4.69. The molecule has 0 heterocycles. The second-order valence-corrected chi connectivity index (χ2v) is 2.26. The summed E-state index contributed by atoms with van der Waals surface area (Å²) < 4.78 is 0. The molecule has 0 radical (unpaired) electrons. The zero-order valence-electron chi connectivity index (χ0n) is 8.06. The fraction of sp³-hybridized carbons (Fsp3) is 0.778. The molecule has 0 bridgehead atoms. The minimum absolute atomic E-state index is 0.308. The SMILES string of the molecule is C=CCNCC[C@H](C)N.CC. The van der Waals surface area contributed by atoms with Gasteiger partial charge in [-0.25, -0.2) is 0 Å². The van der Waals surface area contributed by atoms with E-state index in [9.17, 15) is 0 Å². The van der Waals surface area contributed by atoms with Crippen LogP contribution in [0.15, 0.2) is 12.7 Å². The van der Waals surface area contributed by atoms with Crippen LogP contribution in [0.25, 0.3) is 0 Å². The molecular weight excluding hydrogens is 136 g/mol. The Morgan fingerprint density at radius 1 is 1.55 bits per heavy atom. The lowest BCUT2D eigenvalue weighted by Gasteiger charge is -2.03. The van der Waals surface area contributed by atoms with Gasteiger partial charge < -0.3 is 11.1 Å². The number of hydrogen-bond acceptors (Lipinski definition) is 2. The minimum Gasteiger partial charge on any atom is -0.328 e. The maximum atomic E-state index is 5.51. The third-order valence-electron chi connectivity index (χ3n) is 1.07. The van der Waals surface area contributed by atoms with Crippen LogP contribution in [-0.4, -0.2) is 19.1 Å². The molecule has 68 valence electrons. The average molecular weight is 158 g/mol. The molecule has 0 rings (SSSR count). The van der Waals surface area contributed by atoms with Crippen LogP contribution in [0.3, 0.4) is 0 Å². The summed E-state index contributed by atoms with van der Waals surface area (Å²) in [6, 6.07) is 0.308. The standard InChI is InChI=1S/C7H16N2.C2H6/c1-3-5-9-6-4-7(2)8;1-2/h3,7,9H,1,4-6,8H2,2H3;1-2H3/t7-;/m0./s1. The van der Waals surface area contributed by atoms with Crippen molar-refractivity contribution >= 4 is 0 Å². The molecule has 0 aliphatic carbocycles. The largest absolute Gasteiger partial charge is 0.328 e. The van der Waals surface area contributed by atoms with Crippen molar-refractivity contribution in [2.75, 3.05) is 13.1 Å². The van der Waals surface area contributed by atoms with E-state index in [2.05, 4.69) is 11.9 Å². The third-order valence-corrected chi connectivity index (χ3v) is 1.07. The summed E-state index contributed by atoms with van der Waals surface area (Å²) in [4.78, 5) is 0. The summed E-state index contributed by atoms with van der Waals surface area (Å²) in [6.07, 6.45) is 2.88. The van der Waals surface area contributed by atoms with E-state index in [1.807, 2.05) is 26.8 Å². The van der Waals surface area contributed by atoms with Gasteiger partial charge >= 0.3 is 0 Å². The third kappa shape index (κ3) is 17.7. The molecule has 0 saturated carbocycles. The summed E-state index contributed by atoms with van der Waals surface area (Å²) >= 11 is 0. The molecular formula is C9H22N2. The second kappa shape index (κ2) is 12.3. The molecule has 11 heavy (non-hydrogen) atoms. The lowest BCUT2D eigenvalue weighted by Crippen LogP contribution is -2.23. The van der Waals surface area contributed by atoms with Crippen molar-refractivity contribution in [1.29, 1.82) is 0 Å². The molecule has 0 aliphatic heterocycles. The first-order chi connectivity index (χ1) is 5.27. The van der Waals surface area contributed by atoms with Crippen LogP contribution < -0.4 is 11.1 Å². The van der Waals surface area contributed by atoms with Crippen LogP contribution in [-0.2, 0) is 0 Å². The predicted octanol–water partition coefficient (Wildman–Crippen LogP) is 1.53. The van der Waals surface area contributed by atoms with Crippen molar-refractivity contribution in [2.24, 2.45) is 5.73 Å². The van der Waals surface area contributed by atoms with Crippen molar-refractivity contribution in [3.8, 4) is 0 Å². The van der Waals surface area contributed by atoms with E-state index in [-0.39, 0.29) is 0 Å². The summed E-state index contributed by atoms with van der Waals surface area (Å²) in [7, 11) is 0. The highest BCUT2D eigenvalue weighted by Crippen LogP contribution is 1.81. The van der Waals surface area contributed by atoms with Crippen LogP contribution in [0.2, 0.25) is 0 Å². The smallest absolute Gasteiger partial charge is 0.0132 e. The first kappa shape index (κ1) is 13.3. The molecule has 0 aromatic carbocycles. The second-order valence-electron chi connectivity index (χ2n) is 2.26. The van der Waals surface area contributed by atoms with Crippen LogP contribution in [0.4, 0.5) is 0 Å². The van der Waals surface area contributed by atoms with Gasteiger partial charge in [0.15, 0.2) is 0 Å². The van der Waals surface area contributed by atoms with Crippen LogP contribution in [0.1, 0.15) is 27.2 Å². The van der Waals surface area contributed by atoms with Gasteiger partial charge in [0, 0.05) is 12.6 Å². The Labute approximate surface area is 70.9 Å². The topological polar surface area (TPSA) is 38.0 Å². The Morgan fingerprint density at radius 3 is 2.45 bits per heavy atom. The Hall–Kier alpha value is -0.340. The summed E-state index contributed by atoms with van der Waals surface area (Å²) in [6.45, 7) is 11.5. The zero-order valence-corrected chi connectivity index (χ0v) is 8.06. The highest BCUT2D eigenvalue weighted by Gasteiger charge is 1.90. The molecule has 0 amide bonds. The zero-order chi connectivity index (χ0) is 9.11. The van der Waals surface area contributed by atoms with Crippen molar-refractivity contribution in [3.63, 3.8) is 0 Å². The summed E-state index contributed by atoms with van der Waals surface area (Å²) in [5.74, 6) is 0. The van der Waals surface area contributed by atoms with E-state index in [0.29, 0.717) is 6.04 Å². The maximum absolute atomic E-state index is 5.51. The highest BCUT2D eigenvalue weighted by atomic mass is 14.8. The Morgan fingerprint density at radius 2 is 2.09 bits per heavy atom. The predicted molar refractivity (Wildman–Crippen MR) is 52.7 cm³/mol. The van der Waals surface area contributed by atoms with Gasteiger partial charge in [0.2, 0.25) is 0 Å². The van der Waals surface area contributed by atoms with E-state index in [4.69, 9.17) is 5.73 Å². The minimum atomic E-state index is 0.308. The lowest BCUT2D eigenvalue weighted by molar-refractivity contribution is 0.612. The van der Waals surface area contributed by atoms with Crippen molar-refractivity contribution in [1.82, 2.24) is 5.32 Å². The molecule has 0 spiro atoms. The van der Waals surface area contributed by atoms with Gasteiger partial charge in [-0.2, -0.15) is 0 Å². The van der Waals surface area contributed by atoms with Crippen LogP contribution in [0, 0.1) is 0 Å². The molecule has 0 aliphatic rings. The molecule has 0 aromatic rings. The summed E-state index contributed by atoms with van der Waals surface area (Å²) in [5.41, 5.74) is 5.51. The maximum Gasteiger partial charge on any atom is 0.0132 e. The molecule has 3 N–H and O–H groups in total. The van der Waals surface area contributed by atoms with Crippen LogP contribution in [0.5, 0.6) is 0 Å². The van der Waals surface area contributed by atoms with E-state index in [1.54, 1.807) is 0 Å². The molecule has 0 fully saturated rings. The average Bonchev–Trinajstić information content (AvgIpc) is 2.02. The first-order valence-corrected chi connectivity index (χ1v) is 4.34. The lowest BCUT2D eigenvalue weighted by atomic mass is 10.2. The van der Waals surface area contributed by atoms with E-state index >= 15 is 0 Å².